The number of amides is 1. The number of rotatable bonds is 7. The van der Waals surface area contributed by atoms with Gasteiger partial charge in [-0.15, -0.1) is 0 Å². The summed E-state index contributed by atoms with van der Waals surface area (Å²) in [7, 11) is 1.64. The van der Waals surface area contributed by atoms with Crippen LogP contribution in [0.3, 0.4) is 0 Å². The molecule has 7 nitrogen and oxygen atoms in total. The van der Waals surface area contributed by atoms with Crippen molar-refractivity contribution in [2.24, 2.45) is 5.10 Å². The second-order valence-electron chi connectivity index (χ2n) is 8.88. The SMILES string of the molecule is CCOC(=O)[C@H]1CCCCN1CC(=O)N1N=C(c2cccc(C)c2)C[C@H]1c1ccc(OC)cc1. The minimum Gasteiger partial charge on any atom is -0.497 e. The van der Waals surface area contributed by atoms with Crippen LogP contribution in [0, 0.1) is 6.92 Å². The number of hydrazone groups is 1. The van der Waals surface area contributed by atoms with Gasteiger partial charge >= 0.3 is 5.97 Å². The van der Waals surface area contributed by atoms with Crippen LogP contribution in [-0.4, -0.2) is 60.3 Å². The van der Waals surface area contributed by atoms with Crippen LogP contribution in [-0.2, 0) is 14.3 Å². The number of methoxy groups -OCH3 is 1. The molecule has 2 aromatic carbocycles. The lowest BCUT2D eigenvalue weighted by atomic mass is 9.97. The van der Waals surface area contributed by atoms with Gasteiger partial charge in [-0.05, 0) is 56.5 Å². The van der Waals surface area contributed by atoms with Gasteiger partial charge in [0.05, 0.1) is 32.0 Å². The van der Waals surface area contributed by atoms with Crippen LogP contribution in [0.1, 0.15) is 55.3 Å². The summed E-state index contributed by atoms with van der Waals surface area (Å²) in [5.74, 6) is 0.414. The van der Waals surface area contributed by atoms with E-state index in [1.807, 2.05) is 41.3 Å². The van der Waals surface area contributed by atoms with Crippen LogP contribution >= 0.6 is 0 Å². The fourth-order valence-corrected chi connectivity index (χ4v) is 4.76. The Morgan fingerprint density at radius 1 is 1.12 bits per heavy atom. The fraction of sp³-hybridized carbons (Fsp3) is 0.444. The van der Waals surface area contributed by atoms with Crippen molar-refractivity contribution in [3.63, 3.8) is 0 Å². The second kappa shape index (κ2) is 10.8. The van der Waals surface area contributed by atoms with Gasteiger partial charge < -0.3 is 9.47 Å². The van der Waals surface area contributed by atoms with Crippen LogP contribution in [0.15, 0.2) is 53.6 Å². The maximum Gasteiger partial charge on any atom is 0.323 e. The summed E-state index contributed by atoms with van der Waals surface area (Å²) < 4.78 is 10.6. The van der Waals surface area contributed by atoms with E-state index in [0.29, 0.717) is 26.0 Å². The van der Waals surface area contributed by atoms with Crippen molar-refractivity contribution in [2.45, 2.75) is 51.6 Å². The molecule has 2 heterocycles. The number of esters is 1. The standard InChI is InChI=1S/C27H33N3O4/c1-4-34-27(32)24-10-5-6-15-29(24)18-26(31)30-25(20-11-13-22(33-3)14-12-20)17-23(28-30)21-9-7-8-19(2)16-21/h7-9,11-14,16,24-25H,4-6,10,15,17-18H2,1-3H3/t24-,25+/m1/s1. The Hall–Kier alpha value is -3.19. The van der Waals surface area contributed by atoms with Crippen LogP contribution in [0.2, 0.25) is 0 Å². The first-order chi connectivity index (χ1) is 16.5. The summed E-state index contributed by atoms with van der Waals surface area (Å²) in [6.07, 6.45) is 3.26. The van der Waals surface area contributed by atoms with Crippen molar-refractivity contribution in [3.8, 4) is 5.75 Å². The summed E-state index contributed by atoms with van der Waals surface area (Å²) in [5, 5.41) is 6.41. The quantitative estimate of drug-likeness (QED) is 0.578. The highest BCUT2D eigenvalue weighted by Gasteiger charge is 2.37. The van der Waals surface area contributed by atoms with Crippen molar-refractivity contribution in [2.75, 3.05) is 26.8 Å². The first-order valence-corrected chi connectivity index (χ1v) is 12.0. The van der Waals surface area contributed by atoms with Gasteiger partial charge in [0.2, 0.25) is 0 Å². The molecule has 0 aliphatic carbocycles. The fourth-order valence-electron chi connectivity index (χ4n) is 4.76. The molecule has 2 atom stereocenters. The average Bonchev–Trinajstić information content (AvgIpc) is 3.30. The molecule has 1 saturated heterocycles. The van der Waals surface area contributed by atoms with Gasteiger partial charge in [0.15, 0.2) is 0 Å². The molecule has 2 aliphatic rings. The minimum atomic E-state index is -0.375. The molecule has 0 unspecified atom stereocenters. The lowest BCUT2D eigenvalue weighted by Crippen LogP contribution is -2.49. The van der Waals surface area contributed by atoms with Crippen molar-refractivity contribution >= 4 is 17.6 Å². The van der Waals surface area contributed by atoms with Crippen LogP contribution in [0.5, 0.6) is 5.75 Å². The molecule has 0 aromatic heterocycles. The number of aryl methyl sites for hydroxylation is 1. The molecule has 0 N–H and O–H groups in total. The first-order valence-electron chi connectivity index (χ1n) is 12.0. The topological polar surface area (TPSA) is 71.4 Å². The molecule has 2 aliphatic heterocycles. The number of nitrogens with zero attached hydrogens (tertiary/aromatic N) is 3. The molecule has 0 spiro atoms. The number of carbonyl (C=O) groups excluding carboxylic acids is 2. The molecule has 0 saturated carbocycles. The van der Waals surface area contributed by atoms with Gasteiger partial charge in [0.1, 0.15) is 11.8 Å². The van der Waals surface area contributed by atoms with E-state index < -0.39 is 0 Å². The number of carbonyl (C=O) groups is 2. The summed E-state index contributed by atoms with van der Waals surface area (Å²) >= 11 is 0. The Labute approximate surface area is 201 Å². The van der Waals surface area contributed by atoms with E-state index in [2.05, 4.69) is 19.1 Å². The average molecular weight is 464 g/mol. The highest BCUT2D eigenvalue weighted by atomic mass is 16.5. The van der Waals surface area contributed by atoms with E-state index in [9.17, 15) is 9.59 Å². The smallest absolute Gasteiger partial charge is 0.323 e. The van der Waals surface area contributed by atoms with E-state index >= 15 is 0 Å². The number of ether oxygens (including phenoxy) is 2. The molecule has 7 heteroatoms. The molecule has 0 bridgehead atoms. The highest BCUT2D eigenvalue weighted by molar-refractivity contribution is 6.03. The van der Waals surface area contributed by atoms with Gasteiger partial charge in [0.25, 0.3) is 5.91 Å². The first kappa shape index (κ1) is 24.0. The molecule has 2 aromatic rings. The van der Waals surface area contributed by atoms with E-state index in [0.717, 1.165) is 41.0 Å². The van der Waals surface area contributed by atoms with Gasteiger partial charge in [-0.3, -0.25) is 14.5 Å². The van der Waals surface area contributed by atoms with Gasteiger partial charge in [-0.25, -0.2) is 5.01 Å². The Bertz CT molecular complexity index is 1050. The number of hydrogen-bond donors (Lipinski definition) is 0. The number of hydrogen-bond acceptors (Lipinski definition) is 6. The van der Waals surface area contributed by atoms with Crippen LogP contribution < -0.4 is 4.74 Å². The zero-order chi connectivity index (χ0) is 24.1. The monoisotopic (exact) mass is 463 g/mol. The van der Waals surface area contributed by atoms with Gasteiger partial charge in [-0.1, -0.05) is 48.4 Å². The number of benzene rings is 2. The Balaban J connectivity index is 1.60. The minimum absolute atomic E-state index is 0.111. The summed E-state index contributed by atoms with van der Waals surface area (Å²) in [6.45, 7) is 5.04. The van der Waals surface area contributed by atoms with Gasteiger partial charge in [-0.2, -0.15) is 5.10 Å². The van der Waals surface area contributed by atoms with Crippen LogP contribution in [0.4, 0.5) is 0 Å². The zero-order valence-corrected chi connectivity index (χ0v) is 20.2. The maximum absolute atomic E-state index is 13.6. The molecule has 0 radical (unpaired) electrons. The van der Waals surface area contributed by atoms with Gasteiger partial charge in [0, 0.05) is 6.42 Å². The van der Waals surface area contributed by atoms with E-state index in [1.54, 1.807) is 19.0 Å². The summed E-state index contributed by atoms with van der Waals surface area (Å²) in [5.41, 5.74) is 4.06. The second-order valence-corrected chi connectivity index (χ2v) is 8.88. The predicted octanol–water partition coefficient (Wildman–Crippen LogP) is 4.10. The normalized spacial score (nSPS) is 20.7. The van der Waals surface area contributed by atoms with Crippen molar-refractivity contribution in [1.29, 1.82) is 0 Å². The molecular weight excluding hydrogens is 430 g/mol. The van der Waals surface area contributed by atoms with Crippen LogP contribution in [0.25, 0.3) is 0 Å². The van der Waals surface area contributed by atoms with E-state index in [4.69, 9.17) is 14.6 Å². The Kier molecular flexibility index (Phi) is 7.63. The third kappa shape index (κ3) is 5.30. The number of piperidine rings is 1. The Morgan fingerprint density at radius 2 is 1.91 bits per heavy atom. The third-order valence-corrected chi connectivity index (χ3v) is 6.53. The lowest BCUT2D eigenvalue weighted by Gasteiger charge is -2.34. The van der Waals surface area contributed by atoms with Crippen molar-refractivity contribution in [1.82, 2.24) is 9.91 Å². The summed E-state index contributed by atoms with van der Waals surface area (Å²) in [6, 6.07) is 15.4. The van der Waals surface area contributed by atoms with Crippen molar-refractivity contribution in [3.05, 3.63) is 65.2 Å². The maximum atomic E-state index is 13.6. The third-order valence-electron chi connectivity index (χ3n) is 6.53. The predicted molar refractivity (Wildman–Crippen MR) is 131 cm³/mol. The molecule has 1 fully saturated rings. The lowest BCUT2D eigenvalue weighted by molar-refractivity contribution is -0.152. The zero-order valence-electron chi connectivity index (χ0n) is 20.2. The molecule has 4 rings (SSSR count). The Morgan fingerprint density at radius 3 is 2.62 bits per heavy atom. The number of likely N-dealkylation sites (tertiary alicyclic amines) is 1. The molecule has 34 heavy (non-hydrogen) atoms. The molecular formula is C27H33N3O4. The molecule has 1 amide bonds. The van der Waals surface area contributed by atoms with Crippen molar-refractivity contribution < 1.29 is 19.1 Å². The molecule has 180 valence electrons. The largest absolute Gasteiger partial charge is 0.497 e. The summed E-state index contributed by atoms with van der Waals surface area (Å²) in [4.78, 5) is 28.0. The van der Waals surface area contributed by atoms with E-state index in [1.165, 1.54) is 0 Å². The van der Waals surface area contributed by atoms with E-state index in [-0.39, 0.29) is 30.5 Å². The highest BCUT2D eigenvalue weighted by Crippen LogP contribution is 2.34.